The zero-order chi connectivity index (χ0) is 21.8. The predicted molar refractivity (Wildman–Crippen MR) is 125 cm³/mol. The molecule has 0 saturated heterocycles. The number of rotatable bonds is 7. The van der Waals surface area contributed by atoms with Crippen molar-refractivity contribution in [3.8, 4) is 0 Å². The van der Waals surface area contributed by atoms with Gasteiger partial charge < -0.3 is 11.1 Å². The van der Waals surface area contributed by atoms with Crippen LogP contribution in [-0.4, -0.2) is 33.3 Å². The lowest BCUT2D eigenvalue weighted by molar-refractivity contribution is 0.0955. The molecule has 0 bridgehead atoms. The first-order valence-corrected chi connectivity index (χ1v) is 10.5. The van der Waals surface area contributed by atoms with Crippen LogP contribution in [0.1, 0.15) is 47.7 Å². The lowest BCUT2D eigenvalue weighted by atomic mass is 10.2. The number of hydrogen-bond acceptors (Lipinski definition) is 5. The van der Waals surface area contributed by atoms with Gasteiger partial charge in [0.2, 0.25) is 0 Å². The highest BCUT2D eigenvalue weighted by Crippen LogP contribution is 2.27. The molecule has 0 radical (unpaired) electrons. The van der Waals surface area contributed by atoms with Crippen LogP contribution in [0.2, 0.25) is 0 Å². The van der Waals surface area contributed by atoms with E-state index in [1.807, 2.05) is 55.5 Å². The van der Waals surface area contributed by atoms with Crippen LogP contribution in [-0.2, 0) is 0 Å². The van der Waals surface area contributed by atoms with Crippen molar-refractivity contribution in [3.05, 3.63) is 65.2 Å². The van der Waals surface area contributed by atoms with E-state index < -0.39 is 0 Å². The third-order valence-electron chi connectivity index (χ3n) is 5.13. The summed E-state index contributed by atoms with van der Waals surface area (Å²) in [7, 11) is 0. The summed E-state index contributed by atoms with van der Waals surface area (Å²) >= 11 is 0. The molecular formula is C24H26N6O. The molecule has 3 N–H and O–H groups in total. The Labute approximate surface area is 181 Å². The van der Waals surface area contributed by atoms with E-state index in [9.17, 15) is 4.79 Å². The minimum absolute atomic E-state index is 0.224. The molecule has 0 fully saturated rings. The number of nitrogens with one attached hydrogen (secondary N) is 1. The zero-order valence-electron chi connectivity index (χ0n) is 17.8. The topological polar surface area (TPSA) is 98.2 Å². The first-order chi connectivity index (χ1) is 15.1. The molecule has 0 saturated carbocycles. The molecule has 31 heavy (non-hydrogen) atoms. The number of nitrogen functional groups attached to an aromatic ring is 1. The Morgan fingerprint density at radius 1 is 1.13 bits per heavy atom. The SMILES string of the molecule is CCCCCNC(=O)c1c(N)n(/N=C/c2cccc(C)c2)c2nc3ccccc3nc12. The normalized spacial score (nSPS) is 11.5. The van der Waals surface area contributed by atoms with Crippen molar-refractivity contribution in [3.63, 3.8) is 0 Å². The molecular weight excluding hydrogens is 388 g/mol. The summed E-state index contributed by atoms with van der Waals surface area (Å²) in [6.45, 7) is 4.74. The van der Waals surface area contributed by atoms with Crippen LogP contribution < -0.4 is 11.1 Å². The number of nitrogens with two attached hydrogens (primary N) is 1. The summed E-state index contributed by atoms with van der Waals surface area (Å²) in [6, 6.07) is 15.5. The maximum absolute atomic E-state index is 13.0. The van der Waals surface area contributed by atoms with Crippen molar-refractivity contribution in [2.45, 2.75) is 33.1 Å². The van der Waals surface area contributed by atoms with Crippen LogP contribution in [0.25, 0.3) is 22.2 Å². The van der Waals surface area contributed by atoms with Gasteiger partial charge in [-0.3, -0.25) is 4.79 Å². The monoisotopic (exact) mass is 414 g/mol. The number of unbranched alkanes of at least 4 members (excludes halogenated alkanes) is 2. The molecule has 2 aromatic heterocycles. The predicted octanol–water partition coefficient (Wildman–Crippen LogP) is 4.28. The second-order valence-electron chi connectivity index (χ2n) is 7.58. The maximum Gasteiger partial charge on any atom is 0.257 e. The molecule has 1 amide bonds. The van der Waals surface area contributed by atoms with Gasteiger partial charge in [0.25, 0.3) is 5.91 Å². The minimum Gasteiger partial charge on any atom is -0.383 e. The number of aryl methyl sites for hydroxylation is 1. The van der Waals surface area contributed by atoms with Crippen LogP contribution >= 0.6 is 0 Å². The molecule has 4 rings (SSSR count). The Kier molecular flexibility index (Phi) is 5.93. The second-order valence-corrected chi connectivity index (χ2v) is 7.58. The molecule has 4 aromatic rings. The van der Waals surface area contributed by atoms with Crippen molar-refractivity contribution in [1.82, 2.24) is 20.0 Å². The molecule has 158 valence electrons. The highest BCUT2D eigenvalue weighted by atomic mass is 16.1. The molecule has 0 aliphatic rings. The minimum atomic E-state index is -0.257. The summed E-state index contributed by atoms with van der Waals surface area (Å²) in [5.74, 6) is -0.0325. The molecule has 0 spiro atoms. The summed E-state index contributed by atoms with van der Waals surface area (Å²) in [5, 5.41) is 7.51. The maximum atomic E-state index is 13.0. The molecule has 0 unspecified atom stereocenters. The summed E-state index contributed by atoms with van der Waals surface area (Å²) < 4.78 is 1.50. The van der Waals surface area contributed by atoms with E-state index in [4.69, 9.17) is 15.7 Å². The molecule has 0 aliphatic heterocycles. The van der Waals surface area contributed by atoms with Gasteiger partial charge in [-0.15, -0.1) is 0 Å². The van der Waals surface area contributed by atoms with Crippen LogP contribution in [0.15, 0.2) is 53.6 Å². The van der Waals surface area contributed by atoms with Gasteiger partial charge in [0.05, 0.1) is 17.2 Å². The Morgan fingerprint density at radius 3 is 2.65 bits per heavy atom. The number of anilines is 1. The first-order valence-electron chi connectivity index (χ1n) is 10.5. The second kappa shape index (κ2) is 8.95. The number of para-hydroxylation sites is 2. The van der Waals surface area contributed by atoms with E-state index in [-0.39, 0.29) is 11.7 Å². The average Bonchev–Trinajstić information content (AvgIpc) is 3.04. The van der Waals surface area contributed by atoms with Crippen molar-refractivity contribution < 1.29 is 4.79 Å². The summed E-state index contributed by atoms with van der Waals surface area (Å²) in [4.78, 5) is 22.4. The fourth-order valence-corrected chi connectivity index (χ4v) is 3.53. The van der Waals surface area contributed by atoms with E-state index in [0.717, 1.165) is 35.9 Å². The lowest BCUT2D eigenvalue weighted by Gasteiger charge is -2.05. The number of carbonyl (C=O) groups is 1. The van der Waals surface area contributed by atoms with Crippen LogP contribution in [0.3, 0.4) is 0 Å². The fourth-order valence-electron chi connectivity index (χ4n) is 3.53. The van der Waals surface area contributed by atoms with Gasteiger partial charge in [0.15, 0.2) is 5.65 Å². The van der Waals surface area contributed by atoms with Crippen LogP contribution in [0, 0.1) is 6.92 Å². The molecule has 0 atom stereocenters. The third kappa shape index (κ3) is 4.26. The first kappa shape index (κ1) is 20.5. The fraction of sp³-hybridized carbons (Fsp3) is 0.250. The van der Waals surface area contributed by atoms with E-state index in [2.05, 4.69) is 17.3 Å². The van der Waals surface area contributed by atoms with Gasteiger partial charge in [-0.25, -0.2) is 9.97 Å². The van der Waals surface area contributed by atoms with Crippen LogP contribution in [0.4, 0.5) is 5.82 Å². The van der Waals surface area contributed by atoms with Gasteiger partial charge in [-0.05, 0) is 31.0 Å². The number of carbonyl (C=O) groups excluding carboxylic acids is 1. The number of hydrogen-bond donors (Lipinski definition) is 2. The Hall–Kier alpha value is -3.74. The van der Waals surface area contributed by atoms with Gasteiger partial charge in [0.1, 0.15) is 16.9 Å². The Morgan fingerprint density at radius 2 is 1.90 bits per heavy atom. The third-order valence-corrected chi connectivity index (χ3v) is 5.13. The van der Waals surface area contributed by atoms with Gasteiger partial charge >= 0.3 is 0 Å². The lowest BCUT2D eigenvalue weighted by Crippen LogP contribution is -2.25. The number of nitrogens with zero attached hydrogens (tertiary/aromatic N) is 4. The molecule has 7 nitrogen and oxygen atoms in total. The average molecular weight is 415 g/mol. The molecule has 7 heteroatoms. The Bertz CT molecular complexity index is 1270. The van der Waals surface area contributed by atoms with Crippen molar-refractivity contribution in [2.24, 2.45) is 5.10 Å². The van der Waals surface area contributed by atoms with Crippen LogP contribution in [0.5, 0.6) is 0 Å². The number of fused-ring (bicyclic) bond motifs is 2. The zero-order valence-corrected chi connectivity index (χ0v) is 17.8. The highest BCUT2D eigenvalue weighted by Gasteiger charge is 2.23. The summed E-state index contributed by atoms with van der Waals surface area (Å²) in [5.41, 5.74) is 11.1. The molecule has 2 aromatic carbocycles. The smallest absolute Gasteiger partial charge is 0.257 e. The van der Waals surface area contributed by atoms with E-state index in [0.29, 0.717) is 28.8 Å². The standard InChI is InChI=1S/C24H26N6O/c1-3-4-7-13-26-24(31)20-21-23(29-19-12-6-5-11-18(19)28-21)30(22(20)25)27-15-17-10-8-9-16(2)14-17/h5-6,8-12,14-15H,3-4,7,13,25H2,1-2H3,(H,26,31)/b27-15+. The molecule has 2 heterocycles. The number of amides is 1. The summed E-state index contributed by atoms with van der Waals surface area (Å²) in [6.07, 6.45) is 4.77. The molecule has 0 aliphatic carbocycles. The van der Waals surface area contributed by atoms with E-state index in [1.165, 1.54) is 4.68 Å². The van der Waals surface area contributed by atoms with Crippen molar-refractivity contribution in [2.75, 3.05) is 12.3 Å². The van der Waals surface area contributed by atoms with Crippen molar-refractivity contribution >= 4 is 40.1 Å². The largest absolute Gasteiger partial charge is 0.383 e. The Balaban J connectivity index is 1.81. The van der Waals surface area contributed by atoms with Gasteiger partial charge in [0, 0.05) is 6.54 Å². The highest BCUT2D eigenvalue weighted by molar-refractivity contribution is 6.10. The van der Waals surface area contributed by atoms with Crippen molar-refractivity contribution in [1.29, 1.82) is 0 Å². The van der Waals surface area contributed by atoms with Gasteiger partial charge in [-0.2, -0.15) is 9.78 Å². The quantitative estimate of drug-likeness (QED) is 0.348. The number of aromatic nitrogens is 3. The van der Waals surface area contributed by atoms with E-state index in [1.54, 1.807) is 6.21 Å². The van der Waals surface area contributed by atoms with E-state index >= 15 is 0 Å². The van der Waals surface area contributed by atoms with Gasteiger partial charge in [-0.1, -0.05) is 61.7 Å². The number of benzene rings is 2.